The van der Waals surface area contributed by atoms with Crippen LogP contribution >= 0.6 is 0 Å². The van der Waals surface area contributed by atoms with Gasteiger partial charge in [-0.3, -0.25) is 0 Å². The Kier molecular flexibility index (Phi) is 3.99. The van der Waals surface area contributed by atoms with Gasteiger partial charge in [-0.05, 0) is 33.1 Å². The zero-order valence-electron chi connectivity index (χ0n) is 10.9. The summed E-state index contributed by atoms with van der Waals surface area (Å²) >= 11 is 0. The van der Waals surface area contributed by atoms with Crippen molar-refractivity contribution in [3.05, 3.63) is 5.89 Å². The normalized spacial score (nSPS) is 15.5. The van der Waals surface area contributed by atoms with Gasteiger partial charge < -0.3 is 14.6 Å². The molecule has 1 aliphatic carbocycles. The van der Waals surface area contributed by atoms with Crippen LogP contribution < -0.4 is 10.2 Å². The van der Waals surface area contributed by atoms with Crippen molar-refractivity contribution in [3.63, 3.8) is 0 Å². The molecule has 2 rings (SSSR count). The van der Waals surface area contributed by atoms with Gasteiger partial charge in [0.1, 0.15) is 0 Å². The van der Waals surface area contributed by atoms with Crippen molar-refractivity contribution < 1.29 is 4.42 Å². The van der Waals surface area contributed by atoms with Crippen LogP contribution in [0, 0.1) is 0 Å². The Labute approximate surface area is 103 Å². The van der Waals surface area contributed by atoms with Crippen molar-refractivity contribution in [1.82, 2.24) is 15.5 Å². The van der Waals surface area contributed by atoms with Crippen molar-refractivity contribution in [3.8, 4) is 0 Å². The molecule has 0 spiro atoms. The van der Waals surface area contributed by atoms with Gasteiger partial charge in [0, 0.05) is 18.6 Å². The van der Waals surface area contributed by atoms with Crippen molar-refractivity contribution >= 4 is 6.01 Å². The quantitative estimate of drug-likeness (QED) is 0.787. The predicted molar refractivity (Wildman–Crippen MR) is 66.9 cm³/mol. The van der Waals surface area contributed by atoms with E-state index in [9.17, 15) is 0 Å². The summed E-state index contributed by atoms with van der Waals surface area (Å²) in [6.45, 7) is 8.08. The fraction of sp³-hybridized carbons (Fsp3) is 0.833. The third-order valence-electron chi connectivity index (χ3n) is 2.91. The average molecular weight is 238 g/mol. The van der Waals surface area contributed by atoms with Crippen LogP contribution in [0.1, 0.15) is 45.9 Å². The molecule has 17 heavy (non-hydrogen) atoms. The molecule has 96 valence electrons. The molecule has 1 heterocycles. The molecular weight excluding hydrogens is 216 g/mol. The SMILES string of the molecule is CCCN(c1nnc(CNC2CC2)o1)C(C)C. The lowest BCUT2D eigenvalue weighted by molar-refractivity contribution is 0.450. The van der Waals surface area contributed by atoms with E-state index in [2.05, 4.69) is 41.2 Å². The molecule has 5 heteroatoms. The minimum absolute atomic E-state index is 0.389. The number of hydrogen-bond acceptors (Lipinski definition) is 5. The summed E-state index contributed by atoms with van der Waals surface area (Å²) in [7, 11) is 0. The maximum atomic E-state index is 5.68. The predicted octanol–water partition coefficient (Wildman–Crippen LogP) is 1.95. The molecule has 5 nitrogen and oxygen atoms in total. The molecule has 1 saturated carbocycles. The van der Waals surface area contributed by atoms with Crippen molar-refractivity contribution in [2.75, 3.05) is 11.4 Å². The number of rotatable bonds is 7. The average Bonchev–Trinajstić information content (AvgIpc) is 3.01. The van der Waals surface area contributed by atoms with Gasteiger partial charge in [0.05, 0.1) is 6.54 Å². The second-order valence-corrected chi connectivity index (χ2v) is 4.92. The molecule has 0 atom stereocenters. The highest BCUT2D eigenvalue weighted by molar-refractivity contribution is 5.25. The molecule has 1 aliphatic rings. The number of anilines is 1. The van der Waals surface area contributed by atoms with E-state index < -0.39 is 0 Å². The second-order valence-electron chi connectivity index (χ2n) is 4.92. The highest BCUT2D eigenvalue weighted by atomic mass is 16.4. The van der Waals surface area contributed by atoms with Crippen molar-refractivity contribution in [2.45, 2.75) is 58.7 Å². The highest BCUT2D eigenvalue weighted by Gasteiger charge is 2.22. The van der Waals surface area contributed by atoms with Gasteiger partial charge in [0.15, 0.2) is 0 Å². The molecule has 1 aromatic rings. The lowest BCUT2D eigenvalue weighted by Crippen LogP contribution is -2.31. The standard InChI is InChI=1S/C12H22N4O/c1-4-7-16(9(2)3)12-15-14-11(17-12)8-13-10-5-6-10/h9-10,13H,4-8H2,1-3H3. The van der Waals surface area contributed by atoms with Gasteiger partial charge in [-0.1, -0.05) is 12.0 Å². The van der Waals surface area contributed by atoms with E-state index in [1.807, 2.05) is 0 Å². The fourth-order valence-electron chi connectivity index (χ4n) is 1.77. The van der Waals surface area contributed by atoms with Crippen LogP contribution in [0.25, 0.3) is 0 Å². The van der Waals surface area contributed by atoms with Crippen molar-refractivity contribution in [1.29, 1.82) is 0 Å². The van der Waals surface area contributed by atoms with E-state index in [4.69, 9.17) is 4.42 Å². The Morgan fingerprint density at radius 1 is 1.41 bits per heavy atom. The Balaban J connectivity index is 1.93. The molecule has 1 N–H and O–H groups in total. The Hall–Kier alpha value is -1.10. The first-order valence-electron chi connectivity index (χ1n) is 6.53. The molecule has 0 radical (unpaired) electrons. The molecule has 1 aromatic heterocycles. The summed E-state index contributed by atoms with van der Waals surface area (Å²) in [4.78, 5) is 2.15. The first-order chi connectivity index (χ1) is 8.20. The van der Waals surface area contributed by atoms with E-state index in [0.29, 0.717) is 30.5 Å². The molecular formula is C12H22N4O. The third-order valence-corrected chi connectivity index (χ3v) is 2.91. The summed E-state index contributed by atoms with van der Waals surface area (Å²) in [5.41, 5.74) is 0. The maximum Gasteiger partial charge on any atom is 0.318 e. The molecule has 0 unspecified atom stereocenters. The zero-order chi connectivity index (χ0) is 12.3. The highest BCUT2D eigenvalue weighted by Crippen LogP contribution is 2.20. The molecule has 0 saturated heterocycles. The lowest BCUT2D eigenvalue weighted by Gasteiger charge is -2.23. The monoisotopic (exact) mass is 238 g/mol. The number of nitrogens with zero attached hydrogens (tertiary/aromatic N) is 3. The summed E-state index contributed by atoms with van der Waals surface area (Å²) in [6.07, 6.45) is 3.63. The number of aromatic nitrogens is 2. The van der Waals surface area contributed by atoms with E-state index >= 15 is 0 Å². The fourth-order valence-corrected chi connectivity index (χ4v) is 1.77. The van der Waals surface area contributed by atoms with Crippen LogP contribution in [0.3, 0.4) is 0 Å². The van der Waals surface area contributed by atoms with Crippen LogP contribution in [-0.2, 0) is 6.54 Å². The van der Waals surface area contributed by atoms with Crippen LogP contribution in [0.2, 0.25) is 0 Å². The van der Waals surface area contributed by atoms with E-state index in [-0.39, 0.29) is 0 Å². The van der Waals surface area contributed by atoms with Gasteiger partial charge in [-0.25, -0.2) is 0 Å². The lowest BCUT2D eigenvalue weighted by atomic mass is 10.3. The summed E-state index contributed by atoms with van der Waals surface area (Å²) in [6, 6.07) is 1.70. The molecule has 0 bridgehead atoms. The van der Waals surface area contributed by atoms with Gasteiger partial charge in [-0.2, -0.15) is 0 Å². The van der Waals surface area contributed by atoms with Crippen LogP contribution in [0.4, 0.5) is 6.01 Å². The topological polar surface area (TPSA) is 54.2 Å². The Morgan fingerprint density at radius 3 is 2.76 bits per heavy atom. The van der Waals surface area contributed by atoms with E-state index in [1.54, 1.807) is 0 Å². The molecule has 0 aromatic carbocycles. The second kappa shape index (κ2) is 5.49. The van der Waals surface area contributed by atoms with Crippen LogP contribution in [0.15, 0.2) is 4.42 Å². The largest absolute Gasteiger partial charge is 0.407 e. The first kappa shape index (κ1) is 12.4. The van der Waals surface area contributed by atoms with Crippen LogP contribution in [0.5, 0.6) is 0 Å². The Morgan fingerprint density at radius 2 is 2.18 bits per heavy atom. The van der Waals surface area contributed by atoms with Gasteiger partial charge in [0.25, 0.3) is 0 Å². The smallest absolute Gasteiger partial charge is 0.318 e. The minimum atomic E-state index is 0.389. The van der Waals surface area contributed by atoms with Gasteiger partial charge in [-0.15, -0.1) is 5.10 Å². The van der Waals surface area contributed by atoms with E-state index in [0.717, 1.165) is 13.0 Å². The summed E-state index contributed by atoms with van der Waals surface area (Å²) in [5, 5.41) is 11.6. The molecule has 0 aliphatic heterocycles. The minimum Gasteiger partial charge on any atom is -0.407 e. The van der Waals surface area contributed by atoms with Crippen LogP contribution in [-0.4, -0.2) is 28.8 Å². The Bertz CT molecular complexity index is 346. The van der Waals surface area contributed by atoms with Crippen molar-refractivity contribution in [2.24, 2.45) is 0 Å². The third kappa shape index (κ3) is 3.43. The summed E-state index contributed by atoms with van der Waals surface area (Å²) in [5.74, 6) is 0.689. The van der Waals surface area contributed by atoms with E-state index in [1.165, 1.54) is 12.8 Å². The molecule has 0 amide bonds. The maximum absolute atomic E-state index is 5.68. The number of hydrogen-bond donors (Lipinski definition) is 1. The summed E-state index contributed by atoms with van der Waals surface area (Å²) < 4.78 is 5.68. The zero-order valence-corrected chi connectivity index (χ0v) is 10.9. The molecule has 1 fully saturated rings. The van der Waals surface area contributed by atoms with Gasteiger partial charge in [0.2, 0.25) is 5.89 Å². The first-order valence-corrected chi connectivity index (χ1v) is 6.53. The van der Waals surface area contributed by atoms with Gasteiger partial charge >= 0.3 is 6.01 Å². The number of nitrogens with one attached hydrogen (secondary N) is 1.